The lowest BCUT2D eigenvalue weighted by Crippen LogP contribution is -2.14. The molecule has 28 heavy (non-hydrogen) atoms. The molecule has 2 heterocycles. The monoisotopic (exact) mass is 423 g/mol. The van der Waals surface area contributed by atoms with Crippen molar-refractivity contribution in [3.8, 4) is 23.0 Å². The molecule has 0 spiro atoms. The van der Waals surface area contributed by atoms with E-state index in [-0.39, 0.29) is 16.9 Å². The molecule has 1 aromatic carbocycles. The van der Waals surface area contributed by atoms with Crippen molar-refractivity contribution in [3.63, 3.8) is 0 Å². The van der Waals surface area contributed by atoms with Crippen molar-refractivity contribution in [2.24, 2.45) is 0 Å². The summed E-state index contributed by atoms with van der Waals surface area (Å²) in [4.78, 5) is 12.3. The third-order valence-corrected chi connectivity index (χ3v) is 4.87. The number of methoxy groups -OCH3 is 2. The normalized spacial score (nSPS) is 10.8. The van der Waals surface area contributed by atoms with Gasteiger partial charge in [0.25, 0.3) is 11.1 Å². The minimum absolute atomic E-state index is 0.0673. The number of furan rings is 1. The van der Waals surface area contributed by atoms with Gasteiger partial charge in [0.2, 0.25) is 5.91 Å². The molecule has 2 aromatic heterocycles. The minimum atomic E-state index is -0.278. The van der Waals surface area contributed by atoms with Crippen LogP contribution in [0.3, 0.4) is 0 Å². The summed E-state index contributed by atoms with van der Waals surface area (Å²) in [6, 6.07) is 4.99. The van der Waals surface area contributed by atoms with Crippen LogP contribution in [0.1, 0.15) is 11.5 Å². The molecule has 0 aliphatic heterocycles. The Morgan fingerprint density at radius 3 is 2.54 bits per heavy atom. The molecule has 1 amide bonds. The molecule has 0 bridgehead atoms. The van der Waals surface area contributed by atoms with Crippen molar-refractivity contribution in [1.29, 1.82) is 0 Å². The number of hydrogen-bond donors (Lipinski definition) is 1. The number of carbonyl (C=O) groups is 1. The molecular formula is C18H18ClN3O5S. The maximum absolute atomic E-state index is 12.3. The van der Waals surface area contributed by atoms with E-state index < -0.39 is 0 Å². The molecule has 0 aliphatic carbocycles. The van der Waals surface area contributed by atoms with Crippen LogP contribution in [-0.2, 0) is 4.79 Å². The van der Waals surface area contributed by atoms with Crippen LogP contribution in [0.25, 0.3) is 11.5 Å². The Labute approximate surface area is 170 Å². The second-order valence-corrected chi connectivity index (χ2v) is 7.06. The van der Waals surface area contributed by atoms with Crippen molar-refractivity contribution < 1.29 is 23.1 Å². The first-order valence-corrected chi connectivity index (χ1v) is 9.52. The molecule has 148 valence electrons. The third kappa shape index (κ3) is 4.42. The van der Waals surface area contributed by atoms with E-state index in [2.05, 4.69) is 15.5 Å². The number of nitrogens with one attached hydrogen (secondary N) is 1. The maximum atomic E-state index is 12.3. The third-order valence-electron chi connectivity index (χ3n) is 3.75. The fourth-order valence-corrected chi connectivity index (χ4v) is 3.30. The van der Waals surface area contributed by atoms with Crippen molar-refractivity contribution in [3.05, 3.63) is 34.7 Å². The number of benzene rings is 1. The highest BCUT2D eigenvalue weighted by molar-refractivity contribution is 7.99. The number of hydrogen-bond acceptors (Lipinski definition) is 8. The number of carbonyl (C=O) groups excluding carboxylic acids is 1. The van der Waals surface area contributed by atoms with E-state index in [1.54, 1.807) is 12.1 Å². The number of halogens is 1. The summed E-state index contributed by atoms with van der Waals surface area (Å²) in [7, 11) is 2.99. The van der Waals surface area contributed by atoms with E-state index in [9.17, 15) is 4.79 Å². The molecule has 3 aromatic rings. The van der Waals surface area contributed by atoms with Gasteiger partial charge in [0, 0.05) is 6.07 Å². The Morgan fingerprint density at radius 2 is 1.89 bits per heavy atom. The Kier molecular flexibility index (Phi) is 6.15. The lowest BCUT2D eigenvalue weighted by molar-refractivity contribution is -0.113. The summed E-state index contributed by atoms with van der Waals surface area (Å²) >= 11 is 7.23. The van der Waals surface area contributed by atoms with Crippen molar-refractivity contribution in [2.75, 3.05) is 25.3 Å². The average Bonchev–Trinajstić information content (AvgIpc) is 3.26. The van der Waals surface area contributed by atoms with Crippen LogP contribution in [0.2, 0.25) is 5.02 Å². The Balaban J connectivity index is 1.64. The van der Waals surface area contributed by atoms with Gasteiger partial charge in [0.05, 0.1) is 36.2 Å². The van der Waals surface area contributed by atoms with Crippen LogP contribution in [0, 0.1) is 13.8 Å². The number of rotatable bonds is 7. The number of amides is 1. The molecule has 0 fully saturated rings. The molecular weight excluding hydrogens is 406 g/mol. The van der Waals surface area contributed by atoms with Gasteiger partial charge in [0.15, 0.2) is 0 Å². The number of thioether (sulfide) groups is 1. The first-order valence-electron chi connectivity index (χ1n) is 8.16. The molecule has 1 N–H and O–H groups in total. The van der Waals surface area contributed by atoms with Gasteiger partial charge in [-0.15, -0.1) is 10.2 Å². The molecule has 0 saturated carbocycles. The molecule has 0 atom stereocenters. The van der Waals surface area contributed by atoms with Crippen LogP contribution in [-0.4, -0.2) is 36.1 Å². The summed E-state index contributed by atoms with van der Waals surface area (Å²) in [5.74, 6) is 2.48. The zero-order valence-corrected chi connectivity index (χ0v) is 17.2. The first-order chi connectivity index (χ1) is 13.4. The molecule has 0 aliphatic rings. The molecule has 8 nitrogen and oxygen atoms in total. The summed E-state index contributed by atoms with van der Waals surface area (Å²) in [5, 5.41) is 11.3. The smallest absolute Gasteiger partial charge is 0.277 e. The Morgan fingerprint density at radius 1 is 1.14 bits per heavy atom. The number of nitrogens with zero attached hydrogens (tertiary/aromatic N) is 2. The summed E-state index contributed by atoms with van der Waals surface area (Å²) in [5.41, 5.74) is 1.17. The van der Waals surface area contributed by atoms with E-state index in [4.69, 9.17) is 29.9 Å². The van der Waals surface area contributed by atoms with E-state index >= 15 is 0 Å². The highest BCUT2D eigenvalue weighted by Crippen LogP contribution is 2.36. The predicted molar refractivity (Wildman–Crippen MR) is 105 cm³/mol. The van der Waals surface area contributed by atoms with Crippen molar-refractivity contribution in [2.45, 2.75) is 19.1 Å². The quantitative estimate of drug-likeness (QED) is 0.560. The van der Waals surface area contributed by atoms with Crippen LogP contribution in [0.5, 0.6) is 11.5 Å². The Hall–Kier alpha value is -2.65. The van der Waals surface area contributed by atoms with Crippen LogP contribution in [0.15, 0.2) is 32.3 Å². The van der Waals surface area contributed by atoms with Gasteiger partial charge < -0.3 is 23.6 Å². The fourth-order valence-electron chi connectivity index (χ4n) is 2.49. The summed E-state index contributed by atoms with van der Waals surface area (Å²) < 4.78 is 21.5. The number of aromatic nitrogens is 2. The fraction of sp³-hybridized carbons (Fsp3) is 0.278. The second kappa shape index (κ2) is 8.57. The van der Waals surface area contributed by atoms with Crippen LogP contribution >= 0.6 is 23.4 Å². The van der Waals surface area contributed by atoms with Crippen LogP contribution in [0.4, 0.5) is 5.69 Å². The van der Waals surface area contributed by atoms with Crippen molar-refractivity contribution in [1.82, 2.24) is 10.2 Å². The molecule has 0 radical (unpaired) electrons. The molecule has 0 unspecified atom stereocenters. The highest BCUT2D eigenvalue weighted by atomic mass is 35.5. The van der Waals surface area contributed by atoms with E-state index in [0.29, 0.717) is 33.9 Å². The lowest BCUT2D eigenvalue weighted by Gasteiger charge is -2.12. The van der Waals surface area contributed by atoms with Gasteiger partial charge in [-0.1, -0.05) is 23.4 Å². The lowest BCUT2D eigenvalue weighted by atomic mass is 10.2. The van der Waals surface area contributed by atoms with Gasteiger partial charge in [0.1, 0.15) is 23.0 Å². The van der Waals surface area contributed by atoms with Gasteiger partial charge >= 0.3 is 0 Å². The van der Waals surface area contributed by atoms with Gasteiger partial charge in [-0.25, -0.2) is 0 Å². The topological polar surface area (TPSA) is 99.6 Å². The molecule has 0 saturated heterocycles. The molecule has 3 rings (SSSR count). The van der Waals surface area contributed by atoms with E-state index in [0.717, 1.165) is 23.1 Å². The highest BCUT2D eigenvalue weighted by Gasteiger charge is 2.17. The van der Waals surface area contributed by atoms with E-state index in [1.807, 2.05) is 19.9 Å². The number of aryl methyl sites for hydroxylation is 2. The summed E-state index contributed by atoms with van der Waals surface area (Å²) in [6.45, 7) is 3.66. The SMILES string of the molecule is COc1cc(OC)c(NC(=O)CSc2nnc(-c3cc(C)oc3C)o2)cc1Cl. The van der Waals surface area contributed by atoms with Gasteiger partial charge in [-0.05, 0) is 26.0 Å². The zero-order chi connectivity index (χ0) is 20.3. The van der Waals surface area contributed by atoms with Crippen molar-refractivity contribution >= 4 is 35.0 Å². The zero-order valence-electron chi connectivity index (χ0n) is 15.7. The van der Waals surface area contributed by atoms with E-state index in [1.165, 1.54) is 14.2 Å². The van der Waals surface area contributed by atoms with Gasteiger partial charge in [-0.2, -0.15) is 0 Å². The maximum Gasteiger partial charge on any atom is 0.277 e. The standard InChI is InChI=1S/C18H18ClN3O5S/c1-9-5-11(10(2)26-9)17-21-22-18(27-17)28-8-16(23)20-13-6-12(19)14(24-3)7-15(13)25-4/h5-7H,8H2,1-4H3,(H,20,23). The first kappa shape index (κ1) is 20.1. The Bertz CT molecular complexity index is 1000. The molecule has 10 heteroatoms. The largest absolute Gasteiger partial charge is 0.495 e. The van der Waals surface area contributed by atoms with Crippen LogP contribution < -0.4 is 14.8 Å². The predicted octanol–water partition coefficient (Wildman–Crippen LogP) is 4.35. The van der Waals surface area contributed by atoms with Gasteiger partial charge in [-0.3, -0.25) is 4.79 Å². The average molecular weight is 424 g/mol. The minimum Gasteiger partial charge on any atom is -0.495 e. The number of ether oxygens (including phenoxy) is 2. The summed E-state index contributed by atoms with van der Waals surface area (Å²) in [6.07, 6.45) is 0. The second-order valence-electron chi connectivity index (χ2n) is 5.72. The number of anilines is 1.